The summed E-state index contributed by atoms with van der Waals surface area (Å²) in [6.07, 6.45) is 0.760. The number of ether oxygens (including phenoxy) is 2. The number of benzene rings is 2. The maximum atomic E-state index is 5.90. The van der Waals surface area contributed by atoms with Gasteiger partial charge in [-0.05, 0) is 43.2 Å². The first-order chi connectivity index (χ1) is 10.1. The van der Waals surface area contributed by atoms with Gasteiger partial charge < -0.3 is 15.2 Å². The van der Waals surface area contributed by atoms with Crippen molar-refractivity contribution in [2.24, 2.45) is 5.73 Å². The lowest BCUT2D eigenvalue weighted by atomic mass is 10.1. The highest BCUT2D eigenvalue weighted by molar-refractivity contribution is 7.99. The summed E-state index contributed by atoms with van der Waals surface area (Å²) in [4.78, 5) is 2.20. The van der Waals surface area contributed by atoms with E-state index in [4.69, 9.17) is 15.2 Å². The van der Waals surface area contributed by atoms with E-state index in [1.807, 2.05) is 37.3 Å². The minimum atomic E-state index is 0.0798. The van der Waals surface area contributed by atoms with E-state index < -0.39 is 0 Å². The Balaban J connectivity index is 2.36. The molecule has 2 rings (SSSR count). The minimum absolute atomic E-state index is 0.0798. The average Bonchev–Trinajstić information content (AvgIpc) is 2.48. The molecule has 112 valence electrons. The second kappa shape index (κ2) is 7.38. The molecule has 1 atom stereocenters. The number of methoxy groups -OCH3 is 2. The van der Waals surface area contributed by atoms with Crippen molar-refractivity contribution < 1.29 is 9.47 Å². The van der Waals surface area contributed by atoms with Gasteiger partial charge in [0.1, 0.15) is 11.5 Å². The van der Waals surface area contributed by atoms with Crippen molar-refractivity contribution in [3.05, 3.63) is 48.0 Å². The fourth-order valence-electron chi connectivity index (χ4n) is 2.13. The second-order valence-corrected chi connectivity index (χ2v) is 6.03. The van der Waals surface area contributed by atoms with Crippen LogP contribution < -0.4 is 15.2 Å². The van der Waals surface area contributed by atoms with E-state index >= 15 is 0 Å². The van der Waals surface area contributed by atoms with Crippen molar-refractivity contribution in [1.29, 1.82) is 0 Å². The molecule has 0 aromatic heterocycles. The Morgan fingerprint density at radius 3 is 2.29 bits per heavy atom. The molecule has 0 heterocycles. The summed E-state index contributed by atoms with van der Waals surface area (Å²) in [5, 5.41) is 0. The summed E-state index contributed by atoms with van der Waals surface area (Å²) in [5.74, 6) is 1.70. The number of hydrogen-bond donors (Lipinski definition) is 1. The van der Waals surface area contributed by atoms with Gasteiger partial charge in [-0.25, -0.2) is 0 Å². The second-order valence-electron chi connectivity index (χ2n) is 4.91. The predicted molar refractivity (Wildman–Crippen MR) is 87.5 cm³/mol. The van der Waals surface area contributed by atoms with Gasteiger partial charge in [0.25, 0.3) is 0 Å². The molecule has 2 N–H and O–H groups in total. The third-order valence-corrected chi connectivity index (χ3v) is 4.13. The first-order valence-electron chi connectivity index (χ1n) is 6.87. The van der Waals surface area contributed by atoms with E-state index in [1.54, 1.807) is 26.0 Å². The first kappa shape index (κ1) is 15.7. The van der Waals surface area contributed by atoms with Crippen LogP contribution in [0, 0.1) is 0 Å². The van der Waals surface area contributed by atoms with Gasteiger partial charge in [0.05, 0.1) is 19.1 Å². The van der Waals surface area contributed by atoms with Crippen LogP contribution in [0.2, 0.25) is 0 Å². The molecule has 0 saturated carbocycles. The van der Waals surface area contributed by atoms with Crippen LogP contribution in [0.1, 0.15) is 12.5 Å². The molecule has 0 aliphatic heterocycles. The van der Waals surface area contributed by atoms with E-state index in [1.165, 1.54) is 0 Å². The quantitative estimate of drug-likeness (QED) is 0.883. The van der Waals surface area contributed by atoms with Crippen LogP contribution in [-0.4, -0.2) is 20.3 Å². The zero-order valence-electron chi connectivity index (χ0n) is 12.6. The molecule has 0 aliphatic carbocycles. The van der Waals surface area contributed by atoms with Gasteiger partial charge in [-0.2, -0.15) is 0 Å². The Kier molecular flexibility index (Phi) is 5.53. The van der Waals surface area contributed by atoms with Gasteiger partial charge in [-0.1, -0.05) is 30.0 Å². The van der Waals surface area contributed by atoms with Crippen LogP contribution in [0.3, 0.4) is 0 Å². The van der Waals surface area contributed by atoms with E-state index in [2.05, 4.69) is 12.1 Å². The van der Waals surface area contributed by atoms with Crippen LogP contribution in [-0.2, 0) is 6.42 Å². The van der Waals surface area contributed by atoms with Crippen LogP contribution in [0.4, 0.5) is 0 Å². The molecule has 0 saturated heterocycles. The molecule has 2 aromatic rings. The minimum Gasteiger partial charge on any atom is -0.496 e. The third kappa shape index (κ3) is 4.16. The van der Waals surface area contributed by atoms with E-state index in [0.29, 0.717) is 0 Å². The molecule has 0 radical (unpaired) electrons. The van der Waals surface area contributed by atoms with Crippen LogP contribution in [0.5, 0.6) is 11.5 Å². The highest BCUT2D eigenvalue weighted by Gasteiger charge is 2.13. The monoisotopic (exact) mass is 303 g/mol. The van der Waals surface area contributed by atoms with Gasteiger partial charge >= 0.3 is 0 Å². The maximum absolute atomic E-state index is 5.90. The molecule has 0 spiro atoms. The molecule has 0 amide bonds. The van der Waals surface area contributed by atoms with E-state index in [-0.39, 0.29) is 6.04 Å². The SMILES string of the molecule is COc1cc(Sc2ccccc2)c(OC)cc1CC(C)N. The van der Waals surface area contributed by atoms with Crippen molar-refractivity contribution >= 4 is 11.8 Å². The molecule has 3 nitrogen and oxygen atoms in total. The highest BCUT2D eigenvalue weighted by Crippen LogP contribution is 2.39. The molecule has 0 fully saturated rings. The highest BCUT2D eigenvalue weighted by atomic mass is 32.2. The fraction of sp³-hybridized carbons (Fsp3) is 0.294. The van der Waals surface area contributed by atoms with Crippen molar-refractivity contribution in [2.75, 3.05) is 14.2 Å². The summed E-state index contributed by atoms with van der Waals surface area (Å²) in [6.45, 7) is 1.98. The van der Waals surface area contributed by atoms with Gasteiger partial charge in [0, 0.05) is 10.9 Å². The lowest BCUT2D eigenvalue weighted by Gasteiger charge is -2.16. The molecule has 0 aliphatic rings. The normalized spacial score (nSPS) is 12.0. The summed E-state index contributed by atoms with van der Waals surface area (Å²) in [5.41, 5.74) is 6.97. The molecular weight excluding hydrogens is 282 g/mol. The standard InChI is InChI=1S/C17H21NO2S/c1-12(18)9-13-10-16(20-3)17(11-15(13)19-2)21-14-7-5-4-6-8-14/h4-8,10-12H,9,18H2,1-3H3. The molecule has 0 bridgehead atoms. The summed E-state index contributed by atoms with van der Waals surface area (Å²) < 4.78 is 11.0. The molecule has 1 unspecified atom stereocenters. The van der Waals surface area contributed by atoms with Gasteiger partial charge in [-0.3, -0.25) is 0 Å². The van der Waals surface area contributed by atoms with Crippen molar-refractivity contribution in [3.63, 3.8) is 0 Å². The summed E-state index contributed by atoms with van der Waals surface area (Å²) >= 11 is 1.66. The third-order valence-electron chi connectivity index (χ3n) is 3.08. The predicted octanol–water partition coefficient (Wildman–Crippen LogP) is 3.74. The number of nitrogens with two attached hydrogens (primary N) is 1. The average molecular weight is 303 g/mol. The number of hydrogen-bond acceptors (Lipinski definition) is 4. The summed E-state index contributed by atoms with van der Waals surface area (Å²) in [6, 6.07) is 14.3. The van der Waals surface area contributed by atoms with Crippen molar-refractivity contribution in [3.8, 4) is 11.5 Å². The topological polar surface area (TPSA) is 44.5 Å². The van der Waals surface area contributed by atoms with E-state index in [0.717, 1.165) is 33.3 Å². The van der Waals surface area contributed by atoms with Crippen LogP contribution in [0.25, 0.3) is 0 Å². The Labute approximate surface area is 130 Å². The molecule has 2 aromatic carbocycles. The Bertz CT molecular complexity index is 585. The molecule has 21 heavy (non-hydrogen) atoms. The Morgan fingerprint density at radius 1 is 1.05 bits per heavy atom. The zero-order chi connectivity index (χ0) is 15.2. The largest absolute Gasteiger partial charge is 0.496 e. The van der Waals surface area contributed by atoms with Crippen molar-refractivity contribution in [1.82, 2.24) is 0 Å². The van der Waals surface area contributed by atoms with Gasteiger partial charge in [0.15, 0.2) is 0 Å². The van der Waals surface area contributed by atoms with Gasteiger partial charge in [0.2, 0.25) is 0 Å². The van der Waals surface area contributed by atoms with E-state index in [9.17, 15) is 0 Å². The lowest BCUT2D eigenvalue weighted by Crippen LogP contribution is -2.18. The van der Waals surface area contributed by atoms with Crippen molar-refractivity contribution in [2.45, 2.75) is 29.2 Å². The summed E-state index contributed by atoms with van der Waals surface area (Å²) in [7, 11) is 3.37. The Hall–Kier alpha value is -1.65. The molecular formula is C17H21NO2S. The number of rotatable bonds is 6. The van der Waals surface area contributed by atoms with Crippen LogP contribution >= 0.6 is 11.8 Å². The Morgan fingerprint density at radius 2 is 1.71 bits per heavy atom. The fourth-order valence-corrected chi connectivity index (χ4v) is 3.09. The van der Waals surface area contributed by atoms with Crippen LogP contribution in [0.15, 0.2) is 52.3 Å². The first-order valence-corrected chi connectivity index (χ1v) is 7.69. The zero-order valence-corrected chi connectivity index (χ0v) is 13.4. The van der Waals surface area contributed by atoms with Gasteiger partial charge in [-0.15, -0.1) is 0 Å². The smallest absolute Gasteiger partial charge is 0.133 e. The maximum Gasteiger partial charge on any atom is 0.133 e. The molecule has 4 heteroatoms. The lowest BCUT2D eigenvalue weighted by molar-refractivity contribution is 0.389.